The lowest BCUT2D eigenvalue weighted by Crippen LogP contribution is -2.54. The summed E-state index contributed by atoms with van der Waals surface area (Å²) in [6.07, 6.45) is 0.0238. The molecule has 2 amide bonds. The van der Waals surface area contributed by atoms with E-state index < -0.39 is 11.9 Å². The van der Waals surface area contributed by atoms with E-state index in [0.717, 1.165) is 10.7 Å². The summed E-state index contributed by atoms with van der Waals surface area (Å²) in [6, 6.07) is 7.00. The van der Waals surface area contributed by atoms with Crippen molar-refractivity contribution < 1.29 is 19.1 Å². The summed E-state index contributed by atoms with van der Waals surface area (Å²) < 4.78 is 4.65. The maximum Gasteiger partial charge on any atom is 0.311 e. The number of esters is 1. The summed E-state index contributed by atoms with van der Waals surface area (Å²) in [4.78, 5) is 37.6. The van der Waals surface area contributed by atoms with E-state index in [1.54, 1.807) is 12.1 Å². The highest BCUT2D eigenvalue weighted by Crippen LogP contribution is 2.17. The molecule has 0 aromatic heterocycles. The number of hydrogen-bond acceptors (Lipinski definition) is 5. The Kier molecular flexibility index (Phi) is 4.65. The van der Waals surface area contributed by atoms with Crippen LogP contribution in [0.15, 0.2) is 24.3 Å². The SMILES string of the molecule is COC(=O)C1CC(=O)NN(C(=O)c2ccc(N(C)C)cc2)C1. The van der Waals surface area contributed by atoms with Crippen molar-refractivity contribution in [3.63, 3.8) is 0 Å². The van der Waals surface area contributed by atoms with Gasteiger partial charge in [0.25, 0.3) is 5.91 Å². The highest BCUT2D eigenvalue weighted by molar-refractivity contribution is 5.97. The smallest absolute Gasteiger partial charge is 0.311 e. The molecule has 1 saturated heterocycles. The van der Waals surface area contributed by atoms with E-state index >= 15 is 0 Å². The molecule has 1 aromatic rings. The highest BCUT2D eigenvalue weighted by atomic mass is 16.5. The number of carbonyl (C=O) groups excluding carboxylic acids is 3. The summed E-state index contributed by atoms with van der Waals surface area (Å²) in [6.45, 7) is 0.104. The number of anilines is 1. The molecule has 1 aromatic carbocycles. The third-order valence-electron chi connectivity index (χ3n) is 3.50. The first-order valence-electron chi connectivity index (χ1n) is 6.89. The van der Waals surface area contributed by atoms with Crippen LogP contribution in [-0.2, 0) is 14.3 Å². The van der Waals surface area contributed by atoms with Crippen molar-refractivity contribution in [1.29, 1.82) is 0 Å². The van der Waals surface area contributed by atoms with E-state index in [9.17, 15) is 14.4 Å². The van der Waals surface area contributed by atoms with E-state index in [1.165, 1.54) is 7.11 Å². The van der Waals surface area contributed by atoms with Gasteiger partial charge < -0.3 is 9.64 Å². The molecule has 1 N–H and O–H groups in total. The molecule has 1 aliphatic rings. The van der Waals surface area contributed by atoms with Crippen LogP contribution in [-0.4, -0.2) is 50.5 Å². The van der Waals surface area contributed by atoms with E-state index in [2.05, 4.69) is 10.2 Å². The van der Waals surface area contributed by atoms with Crippen LogP contribution in [0.2, 0.25) is 0 Å². The van der Waals surface area contributed by atoms with Gasteiger partial charge in [-0.15, -0.1) is 0 Å². The molecule has 7 heteroatoms. The van der Waals surface area contributed by atoms with Gasteiger partial charge in [0.15, 0.2) is 0 Å². The molecule has 118 valence electrons. The third kappa shape index (κ3) is 3.36. The van der Waals surface area contributed by atoms with Gasteiger partial charge in [-0.1, -0.05) is 0 Å². The molecule has 7 nitrogen and oxygen atoms in total. The molecular weight excluding hydrogens is 286 g/mol. The lowest BCUT2D eigenvalue weighted by molar-refractivity contribution is -0.151. The zero-order chi connectivity index (χ0) is 16.3. The highest BCUT2D eigenvalue weighted by Gasteiger charge is 2.33. The van der Waals surface area contributed by atoms with Crippen LogP contribution in [0.4, 0.5) is 5.69 Å². The van der Waals surface area contributed by atoms with Crippen molar-refractivity contribution in [3.05, 3.63) is 29.8 Å². The average molecular weight is 305 g/mol. The van der Waals surface area contributed by atoms with E-state index in [4.69, 9.17) is 0 Å². The van der Waals surface area contributed by atoms with Crippen molar-refractivity contribution >= 4 is 23.5 Å². The number of methoxy groups -OCH3 is 1. The minimum absolute atomic E-state index is 0.0238. The standard InChI is InChI=1S/C15H19N3O4/c1-17(2)12-6-4-10(5-7-12)14(20)18-9-11(15(21)22-3)8-13(19)16-18/h4-7,11H,8-9H2,1-3H3,(H,16,19). The maximum atomic E-state index is 12.4. The third-order valence-corrected chi connectivity index (χ3v) is 3.50. The van der Waals surface area contributed by atoms with Crippen molar-refractivity contribution in [2.45, 2.75) is 6.42 Å². The molecule has 1 heterocycles. The predicted octanol–water partition coefficient (Wildman–Crippen LogP) is 0.419. The minimum Gasteiger partial charge on any atom is -0.469 e. The van der Waals surface area contributed by atoms with Crippen molar-refractivity contribution in [3.8, 4) is 0 Å². The fraction of sp³-hybridized carbons (Fsp3) is 0.400. The van der Waals surface area contributed by atoms with Gasteiger partial charge in [0.1, 0.15) is 0 Å². The van der Waals surface area contributed by atoms with Gasteiger partial charge in [-0.05, 0) is 24.3 Å². The van der Waals surface area contributed by atoms with E-state index in [0.29, 0.717) is 5.56 Å². The summed E-state index contributed by atoms with van der Waals surface area (Å²) in [5, 5.41) is 1.16. The maximum absolute atomic E-state index is 12.4. The lowest BCUT2D eigenvalue weighted by atomic mass is 10.0. The Morgan fingerprint density at radius 3 is 2.45 bits per heavy atom. The number of hydrogen-bond donors (Lipinski definition) is 1. The number of rotatable bonds is 3. The largest absolute Gasteiger partial charge is 0.469 e. The molecule has 0 radical (unpaired) electrons. The fourth-order valence-electron chi connectivity index (χ4n) is 2.27. The van der Waals surface area contributed by atoms with Crippen LogP contribution in [0.5, 0.6) is 0 Å². The summed E-state index contributed by atoms with van der Waals surface area (Å²) >= 11 is 0. The van der Waals surface area contributed by atoms with Gasteiger partial charge in [0, 0.05) is 31.8 Å². The first-order valence-corrected chi connectivity index (χ1v) is 6.89. The van der Waals surface area contributed by atoms with E-state index in [-0.39, 0.29) is 24.8 Å². The zero-order valence-corrected chi connectivity index (χ0v) is 12.8. The Hall–Kier alpha value is -2.57. The Morgan fingerprint density at radius 2 is 1.91 bits per heavy atom. The number of nitrogens with one attached hydrogen (secondary N) is 1. The Morgan fingerprint density at radius 1 is 1.27 bits per heavy atom. The second-order valence-electron chi connectivity index (χ2n) is 5.32. The quantitative estimate of drug-likeness (QED) is 0.819. The van der Waals surface area contributed by atoms with Crippen molar-refractivity contribution in [2.75, 3.05) is 32.6 Å². The van der Waals surface area contributed by atoms with Gasteiger partial charge in [-0.25, -0.2) is 5.01 Å². The van der Waals surface area contributed by atoms with Gasteiger partial charge in [-0.2, -0.15) is 0 Å². The van der Waals surface area contributed by atoms with Crippen LogP contribution < -0.4 is 10.3 Å². The molecule has 0 saturated carbocycles. The molecule has 1 unspecified atom stereocenters. The Bertz CT molecular complexity index is 583. The average Bonchev–Trinajstić information content (AvgIpc) is 2.52. The number of amides is 2. The van der Waals surface area contributed by atoms with E-state index in [1.807, 2.05) is 31.1 Å². The van der Waals surface area contributed by atoms with Gasteiger partial charge in [0.05, 0.1) is 19.6 Å². The second-order valence-corrected chi connectivity index (χ2v) is 5.32. The second kappa shape index (κ2) is 6.46. The van der Waals surface area contributed by atoms with Crippen LogP contribution in [0, 0.1) is 5.92 Å². The number of hydrazine groups is 1. The lowest BCUT2D eigenvalue weighted by Gasteiger charge is -2.31. The summed E-state index contributed by atoms with van der Waals surface area (Å²) in [7, 11) is 5.08. The molecule has 0 spiro atoms. The minimum atomic E-state index is -0.635. The molecule has 0 aliphatic carbocycles. The molecule has 1 aliphatic heterocycles. The first kappa shape index (κ1) is 15.8. The summed E-state index contributed by atoms with van der Waals surface area (Å²) in [5.74, 6) is -1.86. The first-order chi connectivity index (χ1) is 10.4. The normalized spacial score (nSPS) is 17.7. The molecular formula is C15H19N3O4. The number of carbonyl (C=O) groups is 3. The van der Waals surface area contributed by atoms with Gasteiger partial charge >= 0.3 is 5.97 Å². The summed E-state index contributed by atoms with van der Waals surface area (Å²) in [5.41, 5.74) is 3.89. The Balaban J connectivity index is 2.13. The molecule has 0 bridgehead atoms. The fourth-order valence-corrected chi connectivity index (χ4v) is 2.27. The van der Waals surface area contributed by atoms with Crippen LogP contribution in [0.3, 0.4) is 0 Å². The van der Waals surface area contributed by atoms with Crippen molar-refractivity contribution in [1.82, 2.24) is 10.4 Å². The van der Waals surface area contributed by atoms with Crippen molar-refractivity contribution in [2.24, 2.45) is 5.92 Å². The molecule has 1 fully saturated rings. The topological polar surface area (TPSA) is 79.0 Å². The van der Waals surface area contributed by atoms with Crippen LogP contribution >= 0.6 is 0 Å². The van der Waals surface area contributed by atoms with Crippen LogP contribution in [0.25, 0.3) is 0 Å². The number of benzene rings is 1. The van der Waals surface area contributed by atoms with Gasteiger partial charge in [0.2, 0.25) is 5.91 Å². The van der Waals surface area contributed by atoms with Crippen LogP contribution in [0.1, 0.15) is 16.8 Å². The number of nitrogens with zero attached hydrogens (tertiary/aromatic N) is 2. The zero-order valence-electron chi connectivity index (χ0n) is 12.8. The number of ether oxygens (including phenoxy) is 1. The Labute approximate surface area is 128 Å². The predicted molar refractivity (Wildman–Crippen MR) is 80.1 cm³/mol. The monoisotopic (exact) mass is 305 g/mol. The molecule has 2 rings (SSSR count). The molecule has 22 heavy (non-hydrogen) atoms. The molecule has 1 atom stereocenters. The van der Waals surface area contributed by atoms with Gasteiger partial charge in [-0.3, -0.25) is 19.8 Å².